The average Bonchev–Trinajstić information content (AvgIpc) is 2.88. The van der Waals surface area contributed by atoms with Gasteiger partial charge in [-0.2, -0.15) is 0 Å². The van der Waals surface area contributed by atoms with Crippen molar-refractivity contribution in [3.8, 4) is 0 Å². The van der Waals surface area contributed by atoms with Gasteiger partial charge in [-0.1, -0.05) is 24.5 Å². The molecular weight excluding hydrogens is 292 g/mol. The molecule has 21 heavy (non-hydrogen) atoms. The van der Waals surface area contributed by atoms with Gasteiger partial charge < -0.3 is 20.8 Å². The van der Waals surface area contributed by atoms with Crippen LogP contribution in [0.4, 0.5) is 10.9 Å². The summed E-state index contributed by atoms with van der Waals surface area (Å²) in [5.41, 5.74) is 0.525. The van der Waals surface area contributed by atoms with Crippen molar-refractivity contribution in [3.05, 3.63) is 42.0 Å². The Hall–Kier alpha value is -2.74. The van der Waals surface area contributed by atoms with E-state index < -0.39 is 11.9 Å². The van der Waals surface area contributed by atoms with Crippen LogP contribution in [0.3, 0.4) is 0 Å². The predicted molar refractivity (Wildman–Crippen MR) is 83.0 cm³/mol. The first-order chi connectivity index (χ1) is 10.0. The lowest BCUT2D eigenvalue weighted by Crippen LogP contribution is -2.11. The zero-order chi connectivity index (χ0) is 15.8. The highest BCUT2D eigenvalue weighted by Crippen LogP contribution is 2.28. The first-order valence-electron chi connectivity index (χ1n) is 5.68. The smallest absolute Gasteiger partial charge is 0.352 e. The standard InChI is InChI=1S/C13H14N4O3S/c1-4-8(6-7-14)15-13-17-11(16-9(18)5-2)10(21-13)12(19)20-3/h4-7,14H,1-2H2,3H3,(H,15,17)(H,16,18)/b8-6+,14-7?. The van der Waals surface area contributed by atoms with Crippen molar-refractivity contribution >= 4 is 40.4 Å². The van der Waals surface area contributed by atoms with Crippen molar-refractivity contribution in [2.75, 3.05) is 17.7 Å². The Morgan fingerprint density at radius 2 is 2.05 bits per heavy atom. The van der Waals surface area contributed by atoms with E-state index in [0.29, 0.717) is 10.8 Å². The lowest BCUT2D eigenvalue weighted by atomic mass is 10.4. The maximum Gasteiger partial charge on any atom is 0.352 e. The van der Waals surface area contributed by atoms with Crippen molar-refractivity contribution in [1.82, 2.24) is 4.98 Å². The van der Waals surface area contributed by atoms with Crippen molar-refractivity contribution < 1.29 is 14.3 Å². The molecule has 0 fully saturated rings. The molecule has 0 aromatic carbocycles. The van der Waals surface area contributed by atoms with Crippen LogP contribution in [0.25, 0.3) is 0 Å². The zero-order valence-electron chi connectivity index (χ0n) is 11.3. The number of amides is 1. The van der Waals surface area contributed by atoms with Gasteiger partial charge in [0.2, 0.25) is 5.91 Å². The number of hydrogen-bond acceptors (Lipinski definition) is 7. The largest absolute Gasteiger partial charge is 0.465 e. The Bertz CT molecular complexity index is 619. The predicted octanol–water partition coefficient (Wildman–Crippen LogP) is 2.19. The van der Waals surface area contributed by atoms with Crippen LogP contribution >= 0.6 is 11.3 Å². The van der Waals surface area contributed by atoms with E-state index in [4.69, 9.17) is 5.41 Å². The Balaban J connectivity index is 3.12. The lowest BCUT2D eigenvalue weighted by Gasteiger charge is -2.01. The molecular formula is C13H14N4O3S. The number of hydrogen-bond donors (Lipinski definition) is 3. The van der Waals surface area contributed by atoms with E-state index in [1.165, 1.54) is 19.3 Å². The second-order valence-corrected chi connectivity index (χ2v) is 4.50. The molecule has 0 bridgehead atoms. The number of allylic oxidation sites excluding steroid dienone is 2. The van der Waals surface area contributed by atoms with Gasteiger partial charge in [0.05, 0.1) is 7.11 Å². The Labute approximate surface area is 125 Å². The molecule has 0 radical (unpaired) electrons. The molecule has 0 atom stereocenters. The van der Waals surface area contributed by atoms with Crippen LogP contribution in [0.5, 0.6) is 0 Å². The van der Waals surface area contributed by atoms with Gasteiger partial charge in [0.15, 0.2) is 15.8 Å². The van der Waals surface area contributed by atoms with Crippen LogP contribution < -0.4 is 10.6 Å². The minimum atomic E-state index is -0.615. The Morgan fingerprint density at radius 1 is 1.33 bits per heavy atom. The van der Waals surface area contributed by atoms with Gasteiger partial charge in [-0.05, 0) is 18.2 Å². The fourth-order valence-corrected chi connectivity index (χ4v) is 2.09. The molecule has 1 rings (SSSR count). The highest BCUT2D eigenvalue weighted by Gasteiger charge is 2.20. The summed E-state index contributed by atoms with van der Waals surface area (Å²) in [6.07, 6.45) is 5.11. The van der Waals surface area contributed by atoms with Crippen molar-refractivity contribution in [1.29, 1.82) is 5.41 Å². The van der Waals surface area contributed by atoms with E-state index in [9.17, 15) is 9.59 Å². The van der Waals surface area contributed by atoms with Gasteiger partial charge >= 0.3 is 5.97 Å². The summed E-state index contributed by atoms with van der Waals surface area (Å²) in [7, 11) is 1.23. The minimum Gasteiger partial charge on any atom is -0.465 e. The van der Waals surface area contributed by atoms with Gasteiger partial charge in [0.25, 0.3) is 0 Å². The van der Waals surface area contributed by atoms with Gasteiger partial charge in [-0.25, -0.2) is 9.78 Å². The summed E-state index contributed by atoms with van der Waals surface area (Å²) in [5, 5.41) is 12.7. The highest BCUT2D eigenvalue weighted by atomic mass is 32.1. The molecule has 0 saturated carbocycles. The summed E-state index contributed by atoms with van der Waals surface area (Å²) in [6, 6.07) is 0. The van der Waals surface area contributed by atoms with Crippen LogP contribution in [0, 0.1) is 5.41 Å². The van der Waals surface area contributed by atoms with E-state index in [0.717, 1.165) is 23.6 Å². The number of rotatable bonds is 7. The second kappa shape index (κ2) is 7.75. The first kappa shape index (κ1) is 16.3. The average molecular weight is 306 g/mol. The molecule has 8 heteroatoms. The van der Waals surface area contributed by atoms with Gasteiger partial charge in [0.1, 0.15) is 0 Å². The maximum absolute atomic E-state index is 11.7. The molecule has 0 unspecified atom stereocenters. The quantitative estimate of drug-likeness (QED) is 0.310. The first-order valence-corrected chi connectivity index (χ1v) is 6.50. The molecule has 0 aliphatic heterocycles. The van der Waals surface area contributed by atoms with Gasteiger partial charge in [0, 0.05) is 11.9 Å². The van der Waals surface area contributed by atoms with Gasteiger partial charge in [-0.15, -0.1) is 0 Å². The zero-order valence-corrected chi connectivity index (χ0v) is 12.1. The van der Waals surface area contributed by atoms with Crippen LogP contribution in [0.1, 0.15) is 9.67 Å². The third kappa shape index (κ3) is 4.39. The highest BCUT2D eigenvalue weighted by molar-refractivity contribution is 7.18. The second-order valence-electron chi connectivity index (χ2n) is 3.50. The summed E-state index contributed by atoms with van der Waals surface area (Å²) in [4.78, 5) is 27.3. The molecule has 1 aromatic heterocycles. The number of carbonyl (C=O) groups is 2. The van der Waals surface area contributed by atoms with E-state index in [-0.39, 0.29) is 10.7 Å². The van der Waals surface area contributed by atoms with E-state index in [2.05, 4.69) is 33.5 Å². The molecule has 7 nitrogen and oxygen atoms in total. The molecule has 0 aliphatic rings. The van der Waals surface area contributed by atoms with Crippen LogP contribution in [-0.4, -0.2) is 30.2 Å². The number of nitrogens with one attached hydrogen (secondary N) is 3. The monoisotopic (exact) mass is 306 g/mol. The number of esters is 1. The molecule has 0 aliphatic carbocycles. The molecule has 0 saturated heterocycles. The molecule has 110 valence electrons. The summed E-state index contributed by atoms with van der Waals surface area (Å²) < 4.78 is 4.64. The normalized spacial score (nSPS) is 10.4. The van der Waals surface area contributed by atoms with Crippen LogP contribution in [0.2, 0.25) is 0 Å². The number of nitrogens with zero attached hydrogens (tertiary/aromatic N) is 1. The van der Waals surface area contributed by atoms with E-state index in [1.807, 2.05) is 0 Å². The SMILES string of the molecule is C=CC(=O)Nc1nc(N/C(C=C)=C/C=N)sc1C(=O)OC. The summed E-state index contributed by atoms with van der Waals surface area (Å²) in [6.45, 7) is 6.91. The molecule has 1 heterocycles. The van der Waals surface area contributed by atoms with Crippen molar-refractivity contribution in [2.45, 2.75) is 0 Å². The third-order valence-electron chi connectivity index (χ3n) is 2.16. The fourth-order valence-electron chi connectivity index (χ4n) is 1.23. The molecule has 3 N–H and O–H groups in total. The fraction of sp³-hybridized carbons (Fsp3) is 0.0769. The number of methoxy groups -OCH3 is 1. The molecule has 1 aromatic rings. The Kier molecular flexibility index (Phi) is 6.02. The topological polar surface area (TPSA) is 104 Å². The summed E-state index contributed by atoms with van der Waals surface area (Å²) in [5.74, 6) is -1.02. The maximum atomic E-state index is 11.7. The van der Waals surface area contributed by atoms with Gasteiger partial charge in [-0.3, -0.25) is 4.79 Å². The Morgan fingerprint density at radius 3 is 2.57 bits per heavy atom. The molecule has 1 amide bonds. The number of anilines is 2. The minimum absolute atomic E-state index is 0.0810. The van der Waals surface area contributed by atoms with E-state index in [1.54, 1.807) is 0 Å². The number of ether oxygens (including phenoxy) is 1. The van der Waals surface area contributed by atoms with Crippen LogP contribution in [0.15, 0.2) is 37.1 Å². The lowest BCUT2D eigenvalue weighted by molar-refractivity contribution is -0.111. The van der Waals surface area contributed by atoms with Crippen molar-refractivity contribution in [3.63, 3.8) is 0 Å². The number of thiazole rings is 1. The van der Waals surface area contributed by atoms with Crippen LogP contribution in [-0.2, 0) is 9.53 Å². The van der Waals surface area contributed by atoms with Crippen molar-refractivity contribution in [2.24, 2.45) is 0 Å². The number of aromatic nitrogens is 1. The van der Waals surface area contributed by atoms with E-state index >= 15 is 0 Å². The molecule has 0 spiro atoms. The summed E-state index contributed by atoms with van der Waals surface area (Å²) >= 11 is 1.00. The number of carbonyl (C=O) groups excluding carboxylic acids is 2. The third-order valence-corrected chi connectivity index (χ3v) is 3.11.